The molecule has 2 N–H and O–H groups in total. The van der Waals surface area contributed by atoms with Crippen molar-refractivity contribution in [2.24, 2.45) is 0 Å². The van der Waals surface area contributed by atoms with E-state index in [1.165, 1.54) is 5.56 Å². The number of aliphatic hydroxyl groups excluding tert-OH is 1. The van der Waals surface area contributed by atoms with Gasteiger partial charge in [0, 0.05) is 11.1 Å². The number of aliphatic hydroxyl groups is 1. The van der Waals surface area contributed by atoms with Crippen LogP contribution in [0.5, 0.6) is 0 Å². The molecule has 102 valence electrons. The number of nitrogens with one attached hydrogen (secondary N) is 1. The van der Waals surface area contributed by atoms with Crippen molar-refractivity contribution in [2.45, 2.75) is 51.7 Å². The predicted molar refractivity (Wildman–Crippen MR) is 78.0 cm³/mol. The highest BCUT2D eigenvalue weighted by atomic mass is 35.5. The summed E-state index contributed by atoms with van der Waals surface area (Å²) in [5.41, 5.74) is 1.27. The number of hydrogen-bond acceptors (Lipinski definition) is 2. The quantitative estimate of drug-likeness (QED) is 0.749. The van der Waals surface area contributed by atoms with Gasteiger partial charge in [0.05, 0.1) is 6.10 Å². The molecule has 0 heterocycles. The van der Waals surface area contributed by atoms with E-state index in [1.54, 1.807) is 0 Å². The van der Waals surface area contributed by atoms with E-state index in [9.17, 15) is 5.11 Å². The Morgan fingerprint density at radius 2 is 1.83 bits per heavy atom. The van der Waals surface area contributed by atoms with Gasteiger partial charge < -0.3 is 10.4 Å². The molecule has 0 spiro atoms. The van der Waals surface area contributed by atoms with Crippen molar-refractivity contribution >= 4 is 11.6 Å². The summed E-state index contributed by atoms with van der Waals surface area (Å²) in [6.07, 6.45) is 3.68. The lowest BCUT2D eigenvalue weighted by molar-refractivity contribution is 0.158. The zero-order valence-electron chi connectivity index (χ0n) is 11.3. The lowest BCUT2D eigenvalue weighted by Gasteiger charge is -2.19. The van der Waals surface area contributed by atoms with Crippen molar-refractivity contribution in [1.29, 1.82) is 0 Å². The van der Waals surface area contributed by atoms with Gasteiger partial charge >= 0.3 is 0 Å². The van der Waals surface area contributed by atoms with Gasteiger partial charge in [0.2, 0.25) is 0 Å². The SMILES string of the molecule is CCCC(NCCC(O)CC)c1ccc(Cl)cc1. The van der Waals surface area contributed by atoms with Crippen LogP contribution in [0.3, 0.4) is 0 Å². The Morgan fingerprint density at radius 3 is 2.39 bits per heavy atom. The fourth-order valence-electron chi connectivity index (χ4n) is 2.00. The van der Waals surface area contributed by atoms with E-state index >= 15 is 0 Å². The van der Waals surface area contributed by atoms with Crippen LogP contribution in [0.4, 0.5) is 0 Å². The van der Waals surface area contributed by atoms with Crippen LogP contribution >= 0.6 is 11.6 Å². The second-order valence-electron chi connectivity index (χ2n) is 4.70. The summed E-state index contributed by atoms with van der Waals surface area (Å²) in [5, 5.41) is 13.8. The summed E-state index contributed by atoms with van der Waals surface area (Å²) in [7, 11) is 0. The van der Waals surface area contributed by atoms with Crippen LogP contribution in [-0.4, -0.2) is 17.8 Å². The lowest BCUT2D eigenvalue weighted by atomic mass is 10.0. The number of benzene rings is 1. The summed E-state index contributed by atoms with van der Waals surface area (Å²) in [4.78, 5) is 0. The fourth-order valence-corrected chi connectivity index (χ4v) is 2.12. The van der Waals surface area contributed by atoms with Crippen molar-refractivity contribution in [3.8, 4) is 0 Å². The monoisotopic (exact) mass is 269 g/mol. The van der Waals surface area contributed by atoms with Crippen molar-refractivity contribution in [3.05, 3.63) is 34.9 Å². The Balaban J connectivity index is 2.51. The molecule has 0 fully saturated rings. The van der Waals surface area contributed by atoms with Gasteiger partial charge in [0.25, 0.3) is 0 Å². The topological polar surface area (TPSA) is 32.3 Å². The standard InChI is InChI=1S/C15H24ClNO/c1-3-5-15(17-11-10-14(18)4-2)12-6-8-13(16)9-7-12/h6-9,14-15,17-18H,3-5,10-11H2,1-2H3. The maximum Gasteiger partial charge on any atom is 0.0549 e. The third-order valence-corrected chi connectivity index (χ3v) is 3.44. The van der Waals surface area contributed by atoms with Crippen molar-refractivity contribution < 1.29 is 5.11 Å². The highest BCUT2D eigenvalue weighted by molar-refractivity contribution is 6.30. The van der Waals surface area contributed by atoms with Crippen LogP contribution < -0.4 is 5.32 Å². The van der Waals surface area contributed by atoms with Gasteiger partial charge in [0.1, 0.15) is 0 Å². The first-order valence-electron chi connectivity index (χ1n) is 6.84. The number of hydrogen-bond donors (Lipinski definition) is 2. The summed E-state index contributed by atoms with van der Waals surface area (Å²) in [6.45, 7) is 5.04. The van der Waals surface area contributed by atoms with Gasteiger partial charge in [-0.3, -0.25) is 0 Å². The lowest BCUT2D eigenvalue weighted by Crippen LogP contribution is -2.25. The average Bonchev–Trinajstić information content (AvgIpc) is 2.38. The van der Waals surface area contributed by atoms with Crippen LogP contribution in [0.25, 0.3) is 0 Å². The molecule has 18 heavy (non-hydrogen) atoms. The third kappa shape index (κ3) is 5.38. The van der Waals surface area contributed by atoms with E-state index in [-0.39, 0.29) is 6.10 Å². The van der Waals surface area contributed by atoms with Crippen LogP contribution in [0, 0.1) is 0 Å². The van der Waals surface area contributed by atoms with Crippen molar-refractivity contribution in [2.75, 3.05) is 6.54 Å². The second kappa shape index (κ2) is 8.52. The van der Waals surface area contributed by atoms with Crippen molar-refractivity contribution in [1.82, 2.24) is 5.32 Å². The summed E-state index contributed by atoms with van der Waals surface area (Å²) in [5.74, 6) is 0. The first kappa shape index (κ1) is 15.5. The van der Waals surface area contributed by atoms with Crippen molar-refractivity contribution in [3.63, 3.8) is 0 Å². The van der Waals surface area contributed by atoms with Gasteiger partial charge in [0.15, 0.2) is 0 Å². The van der Waals surface area contributed by atoms with Gasteiger partial charge in [-0.2, -0.15) is 0 Å². The summed E-state index contributed by atoms with van der Waals surface area (Å²) < 4.78 is 0. The molecule has 0 aromatic heterocycles. The Hall–Kier alpha value is -0.570. The van der Waals surface area contributed by atoms with E-state index in [1.807, 2.05) is 19.1 Å². The highest BCUT2D eigenvalue weighted by Gasteiger charge is 2.10. The molecule has 2 unspecified atom stereocenters. The Labute approximate surface area is 115 Å². The predicted octanol–water partition coefficient (Wildman–Crippen LogP) is 3.93. The Kier molecular flexibility index (Phi) is 7.33. The summed E-state index contributed by atoms with van der Waals surface area (Å²) >= 11 is 5.90. The van der Waals surface area contributed by atoms with E-state index in [2.05, 4.69) is 24.4 Å². The van der Waals surface area contributed by atoms with E-state index < -0.39 is 0 Å². The minimum Gasteiger partial charge on any atom is -0.393 e. The van der Waals surface area contributed by atoms with Gasteiger partial charge in [-0.25, -0.2) is 0 Å². The molecule has 3 heteroatoms. The minimum absolute atomic E-state index is 0.190. The normalized spacial score (nSPS) is 14.4. The zero-order chi connectivity index (χ0) is 13.4. The molecular formula is C15H24ClNO. The molecule has 0 saturated carbocycles. The van der Waals surface area contributed by atoms with E-state index in [4.69, 9.17) is 11.6 Å². The Bertz CT molecular complexity index is 326. The smallest absolute Gasteiger partial charge is 0.0549 e. The molecule has 2 nitrogen and oxygen atoms in total. The Morgan fingerprint density at radius 1 is 1.17 bits per heavy atom. The molecule has 2 atom stereocenters. The largest absolute Gasteiger partial charge is 0.393 e. The highest BCUT2D eigenvalue weighted by Crippen LogP contribution is 2.20. The maximum atomic E-state index is 9.55. The molecule has 0 aliphatic rings. The molecule has 1 aromatic carbocycles. The van der Waals surface area contributed by atoms with Crippen LogP contribution in [-0.2, 0) is 0 Å². The molecule has 1 aromatic rings. The molecule has 0 aliphatic carbocycles. The average molecular weight is 270 g/mol. The molecule has 0 saturated heterocycles. The van der Waals surface area contributed by atoms with Crippen LogP contribution in [0.2, 0.25) is 5.02 Å². The first-order chi connectivity index (χ1) is 8.67. The zero-order valence-corrected chi connectivity index (χ0v) is 12.1. The van der Waals surface area contributed by atoms with E-state index in [0.717, 1.165) is 37.3 Å². The first-order valence-corrected chi connectivity index (χ1v) is 7.22. The number of rotatable bonds is 8. The minimum atomic E-state index is -0.190. The second-order valence-corrected chi connectivity index (χ2v) is 5.13. The molecule has 0 amide bonds. The maximum absolute atomic E-state index is 9.55. The molecule has 0 aliphatic heterocycles. The van der Waals surface area contributed by atoms with Crippen LogP contribution in [0.1, 0.15) is 51.1 Å². The molecular weight excluding hydrogens is 246 g/mol. The molecule has 0 bridgehead atoms. The van der Waals surface area contributed by atoms with E-state index in [0.29, 0.717) is 6.04 Å². The third-order valence-electron chi connectivity index (χ3n) is 3.19. The van der Waals surface area contributed by atoms with Gasteiger partial charge in [-0.1, -0.05) is 44.0 Å². The van der Waals surface area contributed by atoms with Gasteiger partial charge in [-0.05, 0) is 43.5 Å². The fraction of sp³-hybridized carbons (Fsp3) is 0.600. The van der Waals surface area contributed by atoms with Crippen LogP contribution in [0.15, 0.2) is 24.3 Å². The molecule has 0 radical (unpaired) electrons. The summed E-state index contributed by atoms with van der Waals surface area (Å²) in [6, 6.07) is 8.37. The van der Waals surface area contributed by atoms with Gasteiger partial charge in [-0.15, -0.1) is 0 Å². The molecule has 1 rings (SSSR count). The number of halogens is 1.